The van der Waals surface area contributed by atoms with Crippen LogP contribution >= 0.6 is 11.3 Å². The Balaban J connectivity index is 1.72. The minimum absolute atomic E-state index is 0.116. The quantitative estimate of drug-likeness (QED) is 0.273. The van der Waals surface area contributed by atoms with Crippen LogP contribution in [-0.4, -0.2) is 37.3 Å². The number of benzene rings is 2. The summed E-state index contributed by atoms with van der Waals surface area (Å²) in [6.45, 7) is 5.67. The lowest BCUT2D eigenvalue weighted by atomic mass is 10.0. The van der Waals surface area contributed by atoms with Crippen LogP contribution in [0.1, 0.15) is 41.7 Å². The number of hydrogen-bond acceptors (Lipinski definition) is 7. The molecule has 0 radical (unpaired) electrons. The molecule has 0 unspecified atom stereocenters. The summed E-state index contributed by atoms with van der Waals surface area (Å²) in [6.07, 6.45) is 1.46. The normalized spacial score (nSPS) is 11.5. The summed E-state index contributed by atoms with van der Waals surface area (Å²) in [6, 6.07) is 18.9. The van der Waals surface area contributed by atoms with Crippen LogP contribution in [0.2, 0.25) is 0 Å². The van der Waals surface area contributed by atoms with Gasteiger partial charge in [0.25, 0.3) is 10.0 Å². The zero-order valence-electron chi connectivity index (χ0n) is 21.6. The third-order valence-corrected chi connectivity index (χ3v) is 8.92. The number of rotatable bonds is 10. The van der Waals surface area contributed by atoms with Gasteiger partial charge in [-0.15, -0.1) is 11.3 Å². The molecule has 4 rings (SSSR count). The Bertz CT molecular complexity index is 1550. The molecule has 8 nitrogen and oxygen atoms in total. The Morgan fingerprint density at radius 2 is 1.79 bits per heavy atom. The summed E-state index contributed by atoms with van der Waals surface area (Å²) in [5, 5.41) is 0. The summed E-state index contributed by atoms with van der Waals surface area (Å²) < 4.78 is 35.2. The smallest absolute Gasteiger partial charge is 0.274 e. The summed E-state index contributed by atoms with van der Waals surface area (Å²) in [5.74, 6) is 0.562. The highest BCUT2D eigenvalue weighted by Gasteiger charge is 2.25. The predicted octanol–water partition coefficient (Wildman–Crippen LogP) is 5.17. The van der Waals surface area contributed by atoms with Gasteiger partial charge in [0.1, 0.15) is 15.7 Å². The molecule has 2 aromatic heterocycles. The molecule has 0 spiro atoms. The van der Waals surface area contributed by atoms with E-state index in [2.05, 4.69) is 23.6 Å². The Kier molecular flexibility index (Phi) is 8.13. The van der Waals surface area contributed by atoms with E-state index >= 15 is 0 Å². The van der Waals surface area contributed by atoms with Crippen LogP contribution < -0.4 is 9.46 Å². The van der Waals surface area contributed by atoms with E-state index in [-0.39, 0.29) is 10.1 Å². The number of aromatic nitrogens is 2. The maximum absolute atomic E-state index is 12.9. The number of carbonyl (C=O) groups is 2. The minimum Gasteiger partial charge on any atom is -0.479 e. The monoisotopic (exact) mass is 551 g/mol. The van der Waals surface area contributed by atoms with Gasteiger partial charge in [0.2, 0.25) is 11.8 Å². The van der Waals surface area contributed by atoms with Crippen LogP contribution in [0.25, 0.3) is 22.5 Å². The molecular weight excluding hydrogens is 522 g/mol. The summed E-state index contributed by atoms with van der Waals surface area (Å²) in [5.41, 5.74) is 3.33. The molecule has 2 aromatic carbocycles. The average molecular weight is 552 g/mol. The van der Waals surface area contributed by atoms with E-state index in [1.165, 1.54) is 25.4 Å². The van der Waals surface area contributed by atoms with E-state index < -0.39 is 15.9 Å². The largest absolute Gasteiger partial charge is 0.479 e. The average Bonchev–Trinajstić information content (AvgIpc) is 3.45. The van der Waals surface area contributed by atoms with Crippen LogP contribution in [0.15, 0.2) is 64.9 Å². The second kappa shape index (κ2) is 11.3. The number of methoxy groups -OCH3 is 1. The molecule has 0 saturated carbocycles. The van der Waals surface area contributed by atoms with Gasteiger partial charge in [-0.05, 0) is 29.5 Å². The molecule has 0 bridgehead atoms. The van der Waals surface area contributed by atoms with Crippen molar-refractivity contribution in [3.8, 4) is 28.4 Å². The van der Waals surface area contributed by atoms with Crippen molar-refractivity contribution in [3.63, 3.8) is 0 Å². The van der Waals surface area contributed by atoms with Crippen molar-refractivity contribution in [1.82, 2.24) is 14.3 Å². The highest BCUT2D eigenvalue weighted by atomic mass is 32.2. The van der Waals surface area contributed by atoms with Gasteiger partial charge < -0.3 is 9.30 Å². The fourth-order valence-electron chi connectivity index (χ4n) is 4.21. The second-order valence-electron chi connectivity index (χ2n) is 9.27. The number of amides is 1. The van der Waals surface area contributed by atoms with Crippen molar-refractivity contribution >= 4 is 33.6 Å². The van der Waals surface area contributed by atoms with E-state index in [0.29, 0.717) is 35.1 Å². The number of thiophene rings is 1. The summed E-state index contributed by atoms with van der Waals surface area (Å²) >= 11 is 1.18. The van der Waals surface area contributed by atoms with E-state index in [9.17, 15) is 18.0 Å². The number of imidazole rings is 1. The molecule has 1 amide bonds. The maximum Gasteiger partial charge on any atom is 0.274 e. The lowest BCUT2D eigenvalue weighted by Crippen LogP contribution is -2.27. The fourth-order valence-corrected chi connectivity index (χ4v) is 7.15. The summed E-state index contributed by atoms with van der Waals surface area (Å²) in [4.78, 5) is 29.0. The Hall–Kier alpha value is -3.76. The molecule has 0 aliphatic heterocycles. The van der Waals surface area contributed by atoms with Crippen molar-refractivity contribution in [2.45, 2.75) is 37.9 Å². The first-order valence-electron chi connectivity index (χ1n) is 12.0. The standard InChI is InChI=1S/C28H29N3O5S2/c1-18(2)14-23-15-24(28(37-23)38(34,35)30-19(3)33)21-12-10-20(11-13-21)16-31-25(17-32)27(36-4)29-26(31)22-8-6-5-7-9-22/h5-13,15,17-18H,14,16H2,1-4H3,(H,30,33). The van der Waals surface area contributed by atoms with Crippen LogP contribution in [0.4, 0.5) is 0 Å². The van der Waals surface area contributed by atoms with Gasteiger partial charge in [-0.25, -0.2) is 13.1 Å². The van der Waals surface area contributed by atoms with Crippen LogP contribution in [0.5, 0.6) is 5.88 Å². The van der Waals surface area contributed by atoms with Gasteiger partial charge in [-0.1, -0.05) is 68.4 Å². The van der Waals surface area contributed by atoms with Crippen LogP contribution in [0.3, 0.4) is 0 Å². The Morgan fingerprint density at radius 3 is 2.37 bits per heavy atom. The second-order valence-corrected chi connectivity index (χ2v) is 12.3. The number of hydrogen-bond donors (Lipinski definition) is 1. The highest BCUT2D eigenvalue weighted by Crippen LogP contribution is 2.36. The van der Waals surface area contributed by atoms with E-state index in [4.69, 9.17) is 4.74 Å². The number of aldehydes is 1. The van der Waals surface area contributed by atoms with Crippen LogP contribution in [0, 0.1) is 5.92 Å². The number of nitrogens with zero attached hydrogens (tertiary/aromatic N) is 2. The fraction of sp³-hybridized carbons (Fsp3) is 0.250. The lowest BCUT2D eigenvalue weighted by Gasteiger charge is -2.11. The zero-order valence-corrected chi connectivity index (χ0v) is 23.2. The molecule has 4 aromatic rings. The summed E-state index contributed by atoms with van der Waals surface area (Å²) in [7, 11) is -2.53. The van der Waals surface area contributed by atoms with Crippen molar-refractivity contribution in [2.75, 3.05) is 7.11 Å². The minimum atomic E-state index is -4.00. The van der Waals surface area contributed by atoms with Gasteiger partial charge in [0.05, 0.1) is 7.11 Å². The third-order valence-electron chi connectivity index (χ3n) is 5.80. The molecule has 0 aliphatic carbocycles. The van der Waals surface area contributed by atoms with Gasteiger partial charge in [-0.2, -0.15) is 4.98 Å². The number of sulfonamides is 1. The van der Waals surface area contributed by atoms with Crippen molar-refractivity contribution in [3.05, 3.63) is 76.8 Å². The number of carbonyl (C=O) groups excluding carboxylic acids is 2. The van der Waals surface area contributed by atoms with E-state index in [1.54, 1.807) is 4.57 Å². The molecule has 0 saturated heterocycles. The third kappa shape index (κ3) is 5.87. The topological polar surface area (TPSA) is 107 Å². The molecule has 0 atom stereocenters. The first-order chi connectivity index (χ1) is 18.1. The van der Waals surface area contributed by atoms with Gasteiger partial charge in [0, 0.05) is 29.5 Å². The first-order valence-corrected chi connectivity index (χ1v) is 14.3. The van der Waals surface area contributed by atoms with Gasteiger partial charge in [0.15, 0.2) is 6.29 Å². The van der Waals surface area contributed by atoms with E-state index in [0.717, 1.165) is 28.7 Å². The lowest BCUT2D eigenvalue weighted by molar-refractivity contribution is -0.117. The SMILES string of the molecule is COc1nc(-c2ccccc2)n(Cc2ccc(-c3cc(CC(C)C)sc3S(=O)(=O)NC(C)=O)cc2)c1C=O. The molecule has 38 heavy (non-hydrogen) atoms. The molecule has 198 valence electrons. The van der Waals surface area contributed by atoms with Crippen molar-refractivity contribution in [1.29, 1.82) is 0 Å². The number of nitrogens with one attached hydrogen (secondary N) is 1. The van der Waals surface area contributed by atoms with E-state index in [1.807, 2.05) is 60.7 Å². The van der Waals surface area contributed by atoms with Crippen LogP contribution in [-0.2, 0) is 27.8 Å². The maximum atomic E-state index is 12.9. The zero-order chi connectivity index (χ0) is 27.4. The molecular formula is C28H29N3O5S2. The molecule has 2 heterocycles. The number of ether oxygens (including phenoxy) is 1. The van der Waals surface area contributed by atoms with Crippen molar-refractivity contribution < 1.29 is 22.7 Å². The molecule has 1 N–H and O–H groups in total. The molecule has 0 fully saturated rings. The Morgan fingerprint density at radius 1 is 1.11 bits per heavy atom. The molecule has 10 heteroatoms. The molecule has 0 aliphatic rings. The predicted molar refractivity (Wildman–Crippen MR) is 148 cm³/mol. The first kappa shape index (κ1) is 27.3. The van der Waals surface area contributed by atoms with Crippen molar-refractivity contribution in [2.24, 2.45) is 5.92 Å². The van der Waals surface area contributed by atoms with Gasteiger partial charge in [-0.3, -0.25) is 9.59 Å². The van der Waals surface area contributed by atoms with Gasteiger partial charge >= 0.3 is 0 Å². The Labute approximate surface area is 226 Å². The highest BCUT2D eigenvalue weighted by molar-refractivity contribution is 7.92.